The molecule has 0 atom stereocenters. The number of hydrogen-bond acceptors (Lipinski definition) is 6. The summed E-state index contributed by atoms with van der Waals surface area (Å²) in [5, 5.41) is 28.3. The van der Waals surface area contributed by atoms with E-state index in [0.29, 0.717) is 6.07 Å². The Morgan fingerprint density at radius 2 is 1.76 bits per heavy atom. The van der Waals surface area contributed by atoms with Gasteiger partial charge in [0.15, 0.2) is 5.57 Å². The van der Waals surface area contributed by atoms with Crippen molar-refractivity contribution < 1.29 is 18.3 Å². The van der Waals surface area contributed by atoms with Gasteiger partial charge in [0.2, 0.25) is 0 Å². The molecular formula is C13H6F2N4O2. The smallest absolute Gasteiger partial charge is 0.340 e. The van der Waals surface area contributed by atoms with Crippen LogP contribution in [0.5, 0.6) is 0 Å². The minimum atomic E-state index is -1.15. The van der Waals surface area contributed by atoms with E-state index in [1.165, 1.54) is 18.2 Å². The van der Waals surface area contributed by atoms with Crippen LogP contribution in [0.1, 0.15) is 10.4 Å². The number of nitriles is 3. The highest BCUT2D eigenvalue weighted by Crippen LogP contribution is 2.22. The number of halogens is 2. The zero-order valence-electron chi connectivity index (χ0n) is 10.6. The van der Waals surface area contributed by atoms with Crippen LogP contribution in [0.4, 0.5) is 14.5 Å². The molecule has 0 amide bonds. The lowest BCUT2D eigenvalue weighted by Gasteiger charge is -2.09. The third-order valence-corrected chi connectivity index (χ3v) is 2.31. The van der Waals surface area contributed by atoms with Gasteiger partial charge in [-0.1, -0.05) is 0 Å². The van der Waals surface area contributed by atoms with Crippen molar-refractivity contribution in [3.05, 3.63) is 40.6 Å². The Hall–Kier alpha value is -3.44. The number of nitrogens with one attached hydrogen (secondary N) is 1. The number of hydrogen-bond donors (Lipinski definition) is 1. The zero-order chi connectivity index (χ0) is 16.0. The summed E-state index contributed by atoms with van der Waals surface area (Å²) in [6.45, 7) is 0. The fourth-order valence-corrected chi connectivity index (χ4v) is 1.33. The van der Waals surface area contributed by atoms with Crippen LogP contribution in [0.3, 0.4) is 0 Å². The Kier molecular flexibility index (Phi) is 4.94. The molecule has 1 aromatic carbocycles. The van der Waals surface area contributed by atoms with Crippen LogP contribution in [0.2, 0.25) is 0 Å². The van der Waals surface area contributed by atoms with Gasteiger partial charge in [-0.25, -0.2) is 13.6 Å². The van der Waals surface area contributed by atoms with Crippen molar-refractivity contribution >= 4 is 11.7 Å². The first kappa shape index (κ1) is 15.6. The highest BCUT2D eigenvalue weighted by molar-refractivity contribution is 5.91. The molecule has 0 aliphatic carbocycles. The van der Waals surface area contributed by atoms with Crippen LogP contribution >= 0.6 is 0 Å². The van der Waals surface area contributed by atoms with Gasteiger partial charge in [-0.05, 0) is 6.07 Å². The summed E-state index contributed by atoms with van der Waals surface area (Å²) in [5.41, 5.74) is -2.12. The second kappa shape index (κ2) is 6.65. The Morgan fingerprint density at radius 1 is 1.14 bits per heavy atom. The number of carbonyl (C=O) groups excluding carboxylic acids is 1. The fourth-order valence-electron chi connectivity index (χ4n) is 1.33. The molecule has 0 aliphatic rings. The fraction of sp³-hybridized carbons (Fsp3) is 0.0769. The Bertz CT molecular complexity index is 735. The first-order valence-electron chi connectivity index (χ1n) is 5.27. The molecule has 1 N–H and O–H groups in total. The number of allylic oxidation sites excluding steroid dienone is 2. The topological polar surface area (TPSA) is 110 Å². The van der Waals surface area contributed by atoms with Crippen LogP contribution in [-0.4, -0.2) is 13.1 Å². The molecule has 0 spiro atoms. The molecule has 1 aromatic rings. The van der Waals surface area contributed by atoms with Crippen LogP contribution < -0.4 is 5.32 Å². The maximum atomic E-state index is 13.6. The average molecular weight is 288 g/mol. The molecule has 0 aromatic heterocycles. The highest BCUT2D eigenvalue weighted by Gasteiger charge is 2.18. The Labute approximate surface area is 118 Å². The average Bonchev–Trinajstić information content (AvgIpc) is 2.48. The lowest BCUT2D eigenvalue weighted by molar-refractivity contribution is 0.0595. The number of methoxy groups -OCH3 is 1. The second-order valence-corrected chi connectivity index (χ2v) is 3.51. The van der Waals surface area contributed by atoms with Gasteiger partial charge >= 0.3 is 5.97 Å². The van der Waals surface area contributed by atoms with Gasteiger partial charge in [-0.15, -0.1) is 0 Å². The van der Waals surface area contributed by atoms with Crippen LogP contribution in [0.15, 0.2) is 23.4 Å². The Balaban J connectivity index is 3.37. The molecule has 0 fully saturated rings. The van der Waals surface area contributed by atoms with E-state index in [1.54, 1.807) is 0 Å². The minimum Gasteiger partial charge on any atom is -0.465 e. The summed E-state index contributed by atoms with van der Waals surface area (Å²) >= 11 is 0. The van der Waals surface area contributed by atoms with Crippen LogP contribution in [-0.2, 0) is 4.74 Å². The van der Waals surface area contributed by atoms with Gasteiger partial charge in [0.1, 0.15) is 35.5 Å². The van der Waals surface area contributed by atoms with Crippen molar-refractivity contribution in [2.24, 2.45) is 0 Å². The van der Waals surface area contributed by atoms with Gasteiger partial charge in [0.25, 0.3) is 0 Å². The summed E-state index contributed by atoms with van der Waals surface area (Å²) < 4.78 is 31.4. The first-order chi connectivity index (χ1) is 9.98. The standard InChI is InChI=1S/C13H6F2N4O2/c1-21-13(20)8-2-11(10(15)3-9(8)14)19-12(6-18)7(4-16)5-17/h2-3,19H,1H3. The van der Waals surface area contributed by atoms with Crippen LogP contribution in [0, 0.1) is 45.6 Å². The van der Waals surface area contributed by atoms with Crippen LogP contribution in [0.25, 0.3) is 0 Å². The molecule has 21 heavy (non-hydrogen) atoms. The van der Waals surface area contributed by atoms with Crippen molar-refractivity contribution in [2.75, 3.05) is 12.4 Å². The first-order valence-corrected chi connectivity index (χ1v) is 5.27. The molecule has 0 heterocycles. The van der Waals surface area contributed by atoms with E-state index in [-0.39, 0.29) is 0 Å². The molecule has 1 rings (SSSR count). The number of carbonyl (C=O) groups is 1. The van der Waals surface area contributed by atoms with E-state index in [9.17, 15) is 13.6 Å². The van der Waals surface area contributed by atoms with Gasteiger partial charge in [-0.3, -0.25) is 0 Å². The molecule has 0 saturated carbocycles. The lowest BCUT2D eigenvalue weighted by Crippen LogP contribution is -2.09. The Morgan fingerprint density at radius 3 is 2.24 bits per heavy atom. The number of anilines is 1. The lowest BCUT2D eigenvalue weighted by atomic mass is 10.1. The van der Waals surface area contributed by atoms with Gasteiger partial charge in [-0.2, -0.15) is 15.8 Å². The number of benzene rings is 1. The summed E-state index contributed by atoms with van der Waals surface area (Å²) in [5.74, 6) is -3.30. The maximum absolute atomic E-state index is 13.6. The largest absolute Gasteiger partial charge is 0.465 e. The normalized spacial score (nSPS) is 8.76. The predicted molar refractivity (Wildman–Crippen MR) is 65.2 cm³/mol. The summed E-state index contributed by atoms with van der Waals surface area (Å²) in [6, 6.07) is 5.60. The molecule has 8 heteroatoms. The van der Waals surface area contributed by atoms with Crippen molar-refractivity contribution in [3.8, 4) is 18.2 Å². The van der Waals surface area contributed by atoms with E-state index < -0.39 is 40.1 Å². The minimum absolute atomic E-state index is 0.419. The van der Waals surface area contributed by atoms with E-state index in [2.05, 4.69) is 10.1 Å². The number of ether oxygens (including phenoxy) is 1. The number of rotatable bonds is 3. The van der Waals surface area contributed by atoms with Gasteiger partial charge in [0.05, 0.1) is 18.4 Å². The zero-order valence-corrected chi connectivity index (χ0v) is 10.6. The molecule has 104 valence electrons. The van der Waals surface area contributed by atoms with Gasteiger partial charge in [0, 0.05) is 6.07 Å². The molecular weight excluding hydrogens is 282 g/mol. The van der Waals surface area contributed by atoms with Crippen molar-refractivity contribution in [1.82, 2.24) is 0 Å². The van der Waals surface area contributed by atoms with Crippen molar-refractivity contribution in [3.63, 3.8) is 0 Å². The summed E-state index contributed by atoms with van der Waals surface area (Å²) in [6.07, 6.45) is 0. The molecule has 0 aliphatic heterocycles. The van der Waals surface area contributed by atoms with Gasteiger partial charge < -0.3 is 10.1 Å². The van der Waals surface area contributed by atoms with E-state index in [0.717, 1.165) is 13.2 Å². The molecule has 0 bridgehead atoms. The van der Waals surface area contributed by atoms with E-state index in [4.69, 9.17) is 15.8 Å². The number of esters is 1. The van der Waals surface area contributed by atoms with Crippen molar-refractivity contribution in [2.45, 2.75) is 0 Å². The predicted octanol–water partition coefficient (Wildman–Crippen LogP) is 1.99. The molecule has 0 radical (unpaired) electrons. The van der Waals surface area contributed by atoms with Crippen molar-refractivity contribution in [1.29, 1.82) is 15.8 Å². The quantitative estimate of drug-likeness (QED) is 0.672. The summed E-state index contributed by atoms with van der Waals surface area (Å²) in [7, 11) is 1.02. The highest BCUT2D eigenvalue weighted by atomic mass is 19.1. The third kappa shape index (κ3) is 3.31. The summed E-state index contributed by atoms with van der Waals surface area (Å²) in [4.78, 5) is 11.3. The second-order valence-electron chi connectivity index (χ2n) is 3.51. The molecule has 0 saturated heterocycles. The maximum Gasteiger partial charge on any atom is 0.340 e. The number of nitrogens with zero attached hydrogens (tertiary/aromatic N) is 3. The SMILES string of the molecule is COC(=O)c1cc(NC(C#N)=C(C#N)C#N)c(F)cc1F. The molecule has 6 nitrogen and oxygen atoms in total. The third-order valence-electron chi connectivity index (χ3n) is 2.31. The van der Waals surface area contributed by atoms with E-state index >= 15 is 0 Å². The molecule has 0 unspecified atom stereocenters. The monoisotopic (exact) mass is 288 g/mol. The van der Waals surface area contributed by atoms with E-state index in [1.807, 2.05) is 0 Å².